The molecule has 1 aromatic heterocycles. The third kappa shape index (κ3) is 2.86. The summed E-state index contributed by atoms with van der Waals surface area (Å²) in [6.45, 7) is 4.90. The summed E-state index contributed by atoms with van der Waals surface area (Å²) in [5.74, 6) is -0.724. The number of fused-ring (bicyclic) bond motifs is 1. The molecule has 1 atom stereocenters. The van der Waals surface area contributed by atoms with Crippen molar-refractivity contribution in [2.45, 2.75) is 26.3 Å². The first-order valence-corrected chi connectivity index (χ1v) is 7.68. The van der Waals surface area contributed by atoms with Crippen LogP contribution in [-0.2, 0) is 4.79 Å². The number of amides is 2. The summed E-state index contributed by atoms with van der Waals surface area (Å²) in [4.78, 5) is 40.6. The minimum absolute atomic E-state index is 0.133. The maximum Gasteiger partial charge on any atom is 0.417 e. The topological polar surface area (TPSA) is 95.4 Å². The lowest BCUT2D eigenvalue weighted by atomic mass is 9.99. The van der Waals surface area contributed by atoms with Crippen molar-refractivity contribution in [3.63, 3.8) is 0 Å². The molecule has 122 valence electrons. The van der Waals surface area contributed by atoms with Crippen LogP contribution in [0.1, 0.15) is 30.6 Å². The van der Waals surface area contributed by atoms with Crippen molar-refractivity contribution in [3.05, 3.63) is 34.3 Å². The Labute approximate surface area is 132 Å². The van der Waals surface area contributed by atoms with E-state index in [0.29, 0.717) is 36.2 Å². The number of benzene rings is 1. The molecule has 1 aliphatic heterocycles. The highest BCUT2D eigenvalue weighted by atomic mass is 16.4. The van der Waals surface area contributed by atoms with Crippen molar-refractivity contribution in [1.29, 1.82) is 0 Å². The average molecular weight is 317 g/mol. The van der Waals surface area contributed by atoms with Gasteiger partial charge in [-0.15, -0.1) is 0 Å². The Morgan fingerprint density at radius 3 is 2.91 bits per heavy atom. The summed E-state index contributed by atoms with van der Waals surface area (Å²) in [7, 11) is 0. The van der Waals surface area contributed by atoms with E-state index in [0.717, 1.165) is 0 Å². The number of nitrogens with one attached hydrogen (secondary N) is 2. The summed E-state index contributed by atoms with van der Waals surface area (Å²) < 4.78 is 5.00. The highest BCUT2D eigenvalue weighted by Gasteiger charge is 2.34. The Balaban J connectivity index is 1.99. The summed E-state index contributed by atoms with van der Waals surface area (Å²) in [5, 5.41) is 2.81. The molecule has 23 heavy (non-hydrogen) atoms. The fourth-order valence-electron chi connectivity index (χ4n) is 2.94. The van der Waals surface area contributed by atoms with Crippen LogP contribution in [0.25, 0.3) is 11.1 Å². The number of carbonyl (C=O) groups is 2. The number of oxazole rings is 1. The molecule has 1 saturated heterocycles. The van der Waals surface area contributed by atoms with Gasteiger partial charge in [-0.2, -0.15) is 0 Å². The Bertz CT molecular complexity index is 805. The third-order valence-corrected chi connectivity index (χ3v) is 3.97. The first-order chi connectivity index (χ1) is 11.0. The first-order valence-electron chi connectivity index (χ1n) is 7.68. The van der Waals surface area contributed by atoms with Gasteiger partial charge in [-0.05, 0) is 24.5 Å². The molecule has 3 rings (SSSR count). The van der Waals surface area contributed by atoms with Crippen LogP contribution in [0.4, 0.5) is 0 Å². The number of aromatic nitrogens is 1. The second-order valence-electron chi connectivity index (χ2n) is 6.13. The Hall–Kier alpha value is -2.57. The van der Waals surface area contributed by atoms with Crippen LogP contribution in [0.5, 0.6) is 0 Å². The zero-order valence-electron chi connectivity index (χ0n) is 13.1. The number of para-hydroxylation sites is 1. The number of carbonyl (C=O) groups excluding carboxylic acids is 2. The maximum absolute atomic E-state index is 12.9. The standard InChI is InChI=1S/C16H19N3O4/c1-9(2)8-11-14(20)17-6-7-19(11)15(21)10-4-3-5-12-13(10)18-16(22)23-12/h3-5,9,11H,6-8H2,1-2H3,(H,17,20)(H,18,22)/t11-/m0/s1. The van der Waals surface area contributed by atoms with E-state index < -0.39 is 11.8 Å². The van der Waals surface area contributed by atoms with Gasteiger partial charge in [0.15, 0.2) is 5.58 Å². The van der Waals surface area contributed by atoms with E-state index in [2.05, 4.69) is 10.3 Å². The molecule has 0 unspecified atom stereocenters. The molecule has 2 heterocycles. The van der Waals surface area contributed by atoms with E-state index >= 15 is 0 Å². The number of H-pyrrole nitrogens is 1. The number of piperazine rings is 1. The maximum atomic E-state index is 12.9. The minimum atomic E-state index is -0.602. The van der Waals surface area contributed by atoms with Gasteiger partial charge in [-0.1, -0.05) is 19.9 Å². The van der Waals surface area contributed by atoms with Gasteiger partial charge in [-0.25, -0.2) is 4.79 Å². The zero-order valence-corrected chi connectivity index (χ0v) is 13.1. The number of nitrogens with zero attached hydrogens (tertiary/aromatic N) is 1. The molecule has 1 aliphatic rings. The number of hydrogen-bond donors (Lipinski definition) is 2. The van der Waals surface area contributed by atoms with Gasteiger partial charge >= 0.3 is 5.76 Å². The van der Waals surface area contributed by atoms with E-state index in [1.54, 1.807) is 23.1 Å². The van der Waals surface area contributed by atoms with Crippen LogP contribution in [-0.4, -0.2) is 40.8 Å². The predicted molar refractivity (Wildman–Crippen MR) is 84.1 cm³/mol. The molecule has 0 aliphatic carbocycles. The molecule has 0 spiro atoms. The average Bonchev–Trinajstić information content (AvgIpc) is 2.88. The molecule has 2 amide bonds. The Morgan fingerprint density at radius 2 is 2.17 bits per heavy atom. The normalized spacial score (nSPS) is 18.5. The van der Waals surface area contributed by atoms with Crippen LogP contribution in [0.15, 0.2) is 27.4 Å². The molecule has 1 fully saturated rings. The predicted octanol–water partition coefficient (Wildman–Crippen LogP) is 1.11. The van der Waals surface area contributed by atoms with Gasteiger partial charge in [-0.3, -0.25) is 14.6 Å². The number of rotatable bonds is 3. The van der Waals surface area contributed by atoms with Crippen LogP contribution >= 0.6 is 0 Å². The molecule has 0 radical (unpaired) electrons. The Morgan fingerprint density at radius 1 is 1.39 bits per heavy atom. The third-order valence-electron chi connectivity index (χ3n) is 3.97. The van der Waals surface area contributed by atoms with Crippen molar-refractivity contribution in [2.75, 3.05) is 13.1 Å². The summed E-state index contributed by atoms with van der Waals surface area (Å²) in [6.07, 6.45) is 0.593. The summed E-state index contributed by atoms with van der Waals surface area (Å²) in [5.41, 5.74) is 1.05. The molecule has 2 N–H and O–H groups in total. The molecule has 2 aromatic rings. The zero-order chi connectivity index (χ0) is 16.6. The van der Waals surface area contributed by atoms with E-state index in [-0.39, 0.29) is 17.7 Å². The van der Waals surface area contributed by atoms with Crippen molar-refractivity contribution in [3.8, 4) is 0 Å². The fraction of sp³-hybridized carbons (Fsp3) is 0.438. The fourth-order valence-corrected chi connectivity index (χ4v) is 2.94. The quantitative estimate of drug-likeness (QED) is 0.886. The van der Waals surface area contributed by atoms with E-state index in [4.69, 9.17) is 4.42 Å². The van der Waals surface area contributed by atoms with Crippen molar-refractivity contribution in [1.82, 2.24) is 15.2 Å². The van der Waals surface area contributed by atoms with Gasteiger partial charge in [0.25, 0.3) is 5.91 Å². The van der Waals surface area contributed by atoms with E-state index in [1.165, 1.54) is 0 Å². The molecular formula is C16H19N3O4. The van der Waals surface area contributed by atoms with Crippen LogP contribution < -0.4 is 11.1 Å². The SMILES string of the molecule is CC(C)C[C@H]1C(=O)NCCN1C(=O)c1cccc2oc(=O)[nH]c12. The van der Waals surface area contributed by atoms with Crippen molar-refractivity contribution >= 4 is 22.9 Å². The molecule has 7 nitrogen and oxygen atoms in total. The lowest BCUT2D eigenvalue weighted by molar-refractivity contribution is -0.128. The molecular weight excluding hydrogens is 298 g/mol. The van der Waals surface area contributed by atoms with Gasteiger partial charge < -0.3 is 14.6 Å². The largest absolute Gasteiger partial charge is 0.417 e. The second-order valence-corrected chi connectivity index (χ2v) is 6.13. The van der Waals surface area contributed by atoms with Gasteiger partial charge in [0.2, 0.25) is 5.91 Å². The molecule has 1 aromatic carbocycles. The van der Waals surface area contributed by atoms with Gasteiger partial charge in [0.05, 0.1) is 11.1 Å². The summed E-state index contributed by atoms with van der Waals surface area (Å²) >= 11 is 0. The van der Waals surface area contributed by atoms with Crippen molar-refractivity contribution in [2.24, 2.45) is 5.92 Å². The first kappa shape index (κ1) is 15.3. The number of aromatic amines is 1. The highest BCUT2D eigenvalue weighted by molar-refractivity contribution is 6.06. The lowest BCUT2D eigenvalue weighted by Gasteiger charge is -2.36. The van der Waals surface area contributed by atoms with Crippen LogP contribution in [0, 0.1) is 5.92 Å². The lowest BCUT2D eigenvalue weighted by Crippen LogP contribution is -2.57. The Kier molecular flexibility index (Phi) is 3.94. The van der Waals surface area contributed by atoms with Crippen molar-refractivity contribution < 1.29 is 14.0 Å². The second kappa shape index (κ2) is 5.91. The van der Waals surface area contributed by atoms with Crippen LogP contribution in [0.2, 0.25) is 0 Å². The number of hydrogen-bond acceptors (Lipinski definition) is 4. The van der Waals surface area contributed by atoms with Crippen LogP contribution in [0.3, 0.4) is 0 Å². The minimum Gasteiger partial charge on any atom is -0.408 e. The van der Waals surface area contributed by atoms with E-state index in [9.17, 15) is 14.4 Å². The highest BCUT2D eigenvalue weighted by Crippen LogP contribution is 2.21. The molecule has 0 saturated carbocycles. The summed E-state index contributed by atoms with van der Waals surface area (Å²) in [6, 6.07) is 4.42. The monoisotopic (exact) mass is 317 g/mol. The van der Waals surface area contributed by atoms with Gasteiger partial charge in [0, 0.05) is 13.1 Å². The molecule has 0 bridgehead atoms. The van der Waals surface area contributed by atoms with E-state index in [1.807, 2.05) is 13.8 Å². The van der Waals surface area contributed by atoms with Gasteiger partial charge in [0.1, 0.15) is 6.04 Å². The smallest absolute Gasteiger partial charge is 0.408 e. The molecule has 7 heteroatoms.